The molecule has 0 aliphatic rings. The van der Waals surface area contributed by atoms with Gasteiger partial charge in [0.2, 0.25) is 5.82 Å². The van der Waals surface area contributed by atoms with Crippen LogP contribution in [0.3, 0.4) is 0 Å². The van der Waals surface area contributed by atoms with Gasteiger partial charge in [0, 0.05) is 23.2 Å². The molecule has 0 radical (unpaired) electrons. The predicted molar refractivity (Wildman–Crippen MR) is 120 cm³/mol. The fourth-order valence-corrected chi connectivity index (χ4v) is 3.79. The van der Waals surface area contributed by atoms with Crippen LogP contribution in [-0.4, -0.2) is 29.8 Å². The van der Waals surface area contributed by atoms with E-state index in [0.29, 0.717) is 17.2 Å². The molecular weight excluding hydrogens is 384 g/mol. The van der Waals surface area contributed by atoms with Gasteiger partial charge in [-0.05, 0) is 22.4 Å². The number of hydrogen-bond acceptors (Lipinski definition) is 5. The number of nitrogens with zero attached hydrogens (tertiary/aromatic N) is 6. The van der Waals surface area contributed by atoms with Gasteiger partial charge in [-0.25, -0.2) is 9.97 Å². The zero-order chi connectivity index (χ0) is 20.6. The van der Waals surface area contributed by atoms with Gasteiger partial charge in [0.1, 0.15) is 11.4 Å². The van der Waals surface area contributed by atoms with Crippen LogP contribution in [0.2, 0.25) is 0 Å². The van der Waals surface area contributed by atoms with Gasteiger partial charge >= 0.3 is 0 Å². The molecule has 3 aromatic carbocycles. The number of rotatable bonds is 3. The Balaban J connectivity index is 1.65. The fourth-order valence-electron chi connectivity index (χ4n) is 3.79. The summed E-state index contributed by atoms with van der Waals surface area (Å²) >= 11 is 0. The fraction of sp³-hybridized carbons (Fsp3) is 0. The van der Waals surface area contributed by atoms with Crippen molar-refractivity contribution in [1.29, 1.82) is 0 Å². The second kappa shape index (κ2) is 7.11. The second-order valence-electron chi connectivity index (χ2n) is 7.18. The summed E-state index contributed by atoms with van der Waals surface area (Å²) in [5.41, 5.74) is 4.27. The highest BCUT2D eigenvalue weighted by atomic mass is 15.5. The largest absolute Gasteiger partial charge is 0.261 e. The maximum Gasteiger partial charge on any atom is 0.204 e. The van der Waals surface area contributed by atoms with Crippen LogP contribution in [-0.2, 0) is 0 Å². The van der Waals surface area contributed by atoms with Crippen molar-refractivity contribution in [2.24, 2.45) is 0 Å². The van der Waals surface area contributed by atoms with Gasteiger partial charge in [-0.1, -0.05) is 72.8 Å². The minimum atomic E-state index is 0.503. The Morgan fingerprint density at radius 2 is 1.61 bits per heavy atom. The number of aromatic nitrogens is 6. The van der Waals surface area contributed by atoms with Gasteiger partial charge in [0.15, 0.2) is 5.65 Å². The van der Waals surface area contributed by atoms with E-state index in [-0.39, 0.29) is 0 Å². The van der Waals surface area contributed by atoms with Crippen molar-refractivity contribution >= 4 is 22.5 Å². The van der Waals surface area contributed by atoms with Gasteiger partial charge in [-0.2, -0.15) is 0 Å². The predicted octanol–water partition coefficient (Wildman–Crippen LogP) is 3.95. The van der Waals surface area contributed by atoms with E-state index >= 15 is 0 Å². The van der Waals surface area contributed by atoms with Gasteiger partial charge in [-0.15, -0.1) is 14.8 Å². The van der Waals surface area contributed by atoms with Crippen LogP contribution >= 0.6 is 0 Å². The molecular formula is C25H16N6. The van der Waals surface area contributed by atoms with Gasteiger partial charge < -0.3 is 0 Å². The Bertz CT molecular complexity index is 1570. The highest BCUT2D eigenvalue weighted by molar-refractivity contribution is 5.91. The van der Waals surface area contributed by atoms with Crippen molar-refractivity contribution in [3.05, 3.63) is 102 Å². The van der Waals surface area contributed by atoms with Gasteiger partial charge in [0.25, 0.3) is 0 Å². The molecule has 146 valence electrons. The highest BCUT2D eigenvalue weighted by Gasteiger charge is 2.16. The van der Waals surface area contributed by atoms with Crippen molar-refractivity contribution in [3.63, 3.8) is 0 Å². The molecule has 3 heterocycles. The topological polar surface area (TPSA) is 68.9 Å². The smallest absolute Gasteiger partial charge is 0.204 e. The van der Waals surface area contributed by atoms with E-state index < -0.39 is 0 Å². The molecule has 0 fully saturated rings. The molecule has 3 aromatic heterocycles. The summed E-state index contributed by atoms with van der Waals surface area (Å²) in [7, 11) is 0. The normalized spacial score (nSPS) is 12.1. The molecule has 6 rings (SSSR count). The Kier molecular flexibility index (Phi) is 3.99. The van der Waals surface area contributed by atoms with Crippen molar-refractivity contribution in [2.45, 2.75) is 0 Å². The summed E-state index contributed by atoms with van der Waals surface area (Å²) in [5, 5.41) is 12.6. The SMILES string of the molecule is C(/c1cccc2ccccc12)=c1/c(-c2ccccc2)nn2nc(-c3cnccn3)nc12. The summed E-state index contributed by atoms with van der Waals surface area (Å²) in [6, 6.07) is 24.8. The standard InChI is InChI=1S/C25H16N6/c1-2-8-18(9-3-1)23-21(15-19-11-6-10-17-7-4-5-12-20(17)19)25-28-24(30-31(25)29-23)22-16-26-13-14-27-22/h1-16H/b21-15+. The van der Waals surface area contributed by atoms with Crippen LogP contribution < -0.4 is 5.22 Å². The molecule has 6 nitrogen and oxygen atoms in total. The molecule has 0 atom stereocenters. The molecule has 0 saturated heterocycles. The zero-order valence-corrected chi connectivity index (χ0v) is 16.4. The maximum atomic E-state index is 4.77. The summed E-state index contributed by atoms with van der Waals surface area (Å²) < 4.78 is 1.59. The van der Waals surface area contributed by atoms with Gasteiger partial charge in [0.05, 0.1) is 6.20 Å². The minimum Gasteiger partial charge on any atom is -0.261 e. The van der Waals surface area contributed by atoms with E-state index in [4.69, 9.17) is 10.1 Å². The van der Waals surface area contributed by atoms with Crippen molar-refractivity contribution in [3.8, 4) is 22.8 Å². The van der Waals surface area contributed by atoms with Crippen LogP contribution in [0.5, 0.6) is 0 Å². The van der Waals surface area contributed by atoms with E-state index in [1.165, 1.54) is 10.8 Å². The molecule has 31 heavy (non-hydrogen) atoms. The molecule has 6 heteroatoms. The van der Waals surface area contributed by atoms with Crippen LogP contribution in [0, 0.1) is 0 Å². The maximum absolute atomic E-state index is 4.77. The lowest BCUT2D eigenvalue weighted by Crippen LogP contribution is -2.04. The minimum absolute atomic E-state index is 0.503. The Labute approximate surface area is 177 Å². The average molecular weight is 400 g/mol. The first-order valence-corrected chi connectivity index (χ1v) is 9.95. The number of hydrogen-bond donors (Lipinski definition) is 0. The van der Waals surface area contributed by atoms with Crippen LogP contribution in [0.15, 0.2) is 91.4 Å². The Hall–Kier alpha value is -4.45. The molecule has 0 aliphatic carbocycles. The molecule has 0 amide bonds. The van der Waals surface area contributed by atoms with Crippen LogP contribution in [0.1, 0.15) is 5.56 Å². The molecule has 0 spiro atoms. The van der Waals surface area contributed by atoms with E-state index in [1.54, 1.807) is 23.2 Å². The first kappa shape index (κ1) is 17.4. The average Bonchev–Trinajstić information content (AvgIpc) is 3.40. The van der Waals surface area contributed by atoms with E-state index in [2.05, 4.69) is 63.6 Å². The summed E-state index contributed by atoms with van der Waals surface area (Å²) in [6.07, 6.45) is 7.06. The van der Waals surface area contributed by atoms with E-state index in [0.717, 1.165) is 22.0 Å². The number of fused-ring (bicyclic) bond motifs is 2. The number of benzene rings is 3. The third kappa shape index (κ3) is 3.02. The lowest BCUT2D eigenvalue weighted by Gasteiger charge is -2.02. The molecule has 0 N–H and O–H groups in total. The third-order valence-corrected chi connectivity index (χ3v) is 5.24. The Morgan fingerprint density at radius 3 is 2.48 bits per heavy atom. The monoisotopic (exact) mass is 400 g/mol. The Morgan fingerprint density at radius 1 is 0.774 bits per heavy atom. The molecule has 0 saturated carbocycles. The quantitative estimate of drug-likeness (QED) is 0.450. The molecule has 6 aromatic rings. The summed E-state index contributed by atoms with van der Waals surface area (Å²) in [6.45, 7) is 0. The zero-order valence-electron chi connectivity index (χ0n) is 16.4. The summed E-state index contributed by atoms with van der Waals surface area (Å²) in [4.78, 5) is 13.2. The van der Waals surface area contributed by atoms with Crippen molar-refractivity contribution in [1.82, 2.24) is 29.8 Å². The van der Waals surface area contributed by atoms with Crippen molar-refractivity contribution < 1.29 is 0 Å². The first-order chi connectivity index (χ1) is 15.4. The molecule has 0 bridgehead atoms. The summed E-state index contributed by atoms with van der Waals surface area (Å²) in [5.74, 6) is 0.503. The van der Waals surface area contributed by atoms with Gasteiger partial charge in [-0.3, -0.25) is 4.98 Å². The van der Waals surface area contributed by atoms with Crippen LogP contribution in [0.25, 0.3) is 45.3 Å². The van der Waals surface area contributed by atoms with E-state index in [9.17, 15) is 0 Å². The lowest BCUT2D eigenvalue weighted by atomic mass is 10.0. The molecule has 0 aliphatic heterocycles. The first-order valence-electron chi connectivity index (χ1n) is 9.95. The third-order valence-electron chi connectivity index (χ3n) is 5.24. The van der Waals surface area contributed by atoms with Crippen molar-refractivity contribution in [2.75, 3.05) is 0 Å². The lowest BCUT2D eigenvalue weighted by molar-refractivity contribution is 0.826. The second-order valence-corrected chi connectivity index (χ2v) is 7.18. The highest BCUT2D eigenvalue weighted by Crippen LogP contribution is 2.21. The molecule has 0 unspecified atom stereocenters. The van der Waals surface area contributed by atoms with Crippen LogP contribution in [0.4, 0.5) is 0 Å². The van der Waals surface area contributed by atoms with E-state index in [1.807, 2.05) is 30.3 Å².